The fraction of sp³-hybridized carbons (Fsp3) is 0.286. The first-order valence-electron chi connectivity index (χ1n) is 8.66. The van der Waals surface area contributed by atoms with Crippen LogP contribution in [0.5, 0.6) is 11.5 Å². The third-order valence-electron chi connectivity index (χ3n) is 3.52. The second kappa shape index (κ2) is 10.2. The van der Waals surface area contributed by atoms with Gasteiger partial charge in [0.2, 0.25) is 5.91 Å². The lowest BCUT2D eigenvalue weighted by atomic mass is 10.2. The van der Waals surface area contributed by atoms with E-state index in [4.69, 9.17) is 9.47 Å². The van der Waals surface area contributed by atoms with Crippen LogP contribution in [0.1, 0.15) is 32.3 Å². The number of carbonyl (C=O) groups excluding carboxylic acids is 1. The molecule has 0 saturated carbocycles. The third-order valence-corrected chi connectivity index (χ3v) is 3.52. The van der Waals surface area contributed by atoms with Crippen LogP contribution < -0.4 is 14.8 Å². The van der Waals surface area contributed by atoms with Crippen LogP contribution in [0.2, 0.25) is 0 Å². The van der Waals surface area contributed by atoms with Crippen LogP contribution in [-0.2, 0) is 4.79 Å². The minimum absolute atomic E-state index is 0.187. The molecule has 1 N–H and O–H groups in total. The normalized spacial score (nSPS) is 10.6. The molecule has 0 radical (unpaired) electrons. The SMILES string of the molecule is CCCCOc1ccccc1/C=C/C(=O)Nc1ccc(OCC)cc1. The summed E-state index contributed by atoms with van der Waals surface area (Å²) in [7, 11) is 0. The molecule has 0 heterocycles. The number of benzene rings is 2. The lowest BCUT2D eigenvalue weighted by Crippen LogP contribution is -2.07. The highest BCUT2D eigenvalue weighted by Gasteiger charge is 2.02. The molecule has 1 amide bonds. The van der Waals surface area contributed by atoms with Gasteiger partial charge in [0, 0.05) is 17.3 Å². The van der Waals surface area contributed by atoms with Gasteiger partial charge in [-0.1, -0.05) is 31.5 Å². The zero-order chi connectivity index (χ0) is 17.9. The largest absolute Gasteiger partial charge is 0.494 e. The minimum atomic E-state index is -0.187. The van der Waals surface area contributed by atoms with Crippen molar-refractivity contribution in [3.63, 3.8) is 0 Å². The molecular formula is C21H25NO3. The monoisotopic (exact) mass is 339 g/mol. The molecule has 0 unspecified atom stereocenters. The predicted molar refractivity (Wildman–Crippen MR) is 102 cm³/mol. The molecule has 132 valence electrons. The summed E-state index contributed by atoms with van der Waals surface area (Å²) < 4.78 is 11.2. The maximum atomic E-state index is 12.1. The Morgan fingerprint density at radius 2 is 1.80 bits per heavy atom. The number of para-hydroxylation sites is 1. The maximum absolute atomic E-state index is 12.1. The molecule has 0 spiro atoms. The molecule has 0 atom stereocenters. The molecule has 2 aromatic carbocycles. The van der Waals surface area contributed by atoms with E-state index < -0.39 is 0 Å². The lowest BCUT2D eigenvalue weighted by molar-refractivity contribution is -0.111. The summed E-state index contributed by atoms with van der Waals surface area (Å²) in [5, 5.41) is 2.83. The van der Waals surface area contributed by atoms with Gasteiger partial charge in [-0.2, -0.15) is 0 Å². The highest BCUT2D eigenvalue weighted by Crippen LogP contribution is 2.20. The Labute approximate surface area is 149 Å². The summed E-state index contributed by atoms with van der Waals surface area (Å²) in [6.45, 7) is 5.36. The third kappa shape index (κ3) is 6.34. The van der Waals surface area contributed by atoms with E-state index in [9.17, 15) is 4.79 Å². The Kier molecular flexibility index (Phi) is 7.57. The summed E-state index contributed by atoms with van der Waals surface area (Å²) in [6, 6.07) is 15.0. The molecule has 25 heavy (non-hydrogen) atoms. The summed E-state index contributed by atoms with van der Waals surface area (Å²) in [5.74, 6) is 1.39. The topological polar surface area (TPSA) is 47.6 Å². The number of hydrogen-bond donors (Lipinski definition) is 1. The molecule has 2 rings (SSSR count). The molecule has 0 bridgehead atoms. The van der Waals surface area contributed by atoms with E-state index in [1.807, 2.05) is 55.5 Å². The van der Waals surface area contributed by atoms with Crippen molar-refractivity contribution in [1.29, 1.82) is 0 Å². The number of amides is 1. The van der Waals surface area contributed by atoms with Gasteiger partial charge >= 0.3 is 0 Å². The molecule has 0 aliphatic rings. The molecular weight excluding hydrogens is 314 g/mol. The van der Waals surface area contributed by atoms with E-state index >= 15 is 0 Å². The van der Waals surface area contributed by atoms with Crippen LogP contribution in [0.15, 0.2) is 54.6 Å². The molecule has 2 aromatic rings. The summed E-state index contributed by atoms with van der Waals surface area (Å²) in [4.78, 5) is 12.1. The Hall–Kier alpha value is -2.75. The van der Waals surface area contributed by atoms with E-state index in [0.29, 0.717) is 13.2 Å². The second-order valence-electron chi connectivity index (χ2n) is 5.52. The van der Waals surface area contributed by atoms with Crippen LogP contribution in [-0.4, -0.2) is 19.1 Å². The van der Waals surface area contributed by atoms with E-state index in [0.717, 1.165) is 35.6 Å². The quantitative estimate of drug-likeness (QED) is 0.521. The van der Waals surface area contributed by atoms with Crippen LogP contribution >= 0.6 is 0 Å². The summed E-state index contributed by atoms with van der Waals surface area (Å²) in [6.07, 6.45) is 5.38. The van der Waals surface area contributed by atoms with E-state index in [1.54, 1.807) is 6.08 Å². The van der Waals surface area contributed by atoms with Crippen molar-refractivity contribution < 1.29 is 14.3 Å². The van der Waals surface area contributed by atoms with Crippen LogP contribution in [0.4, 0.5) is 5.69 Å². The first kappa shape index (κ1) is 18.6. The van der Waals surface area contributed by atoms with Gasteiger partial charge in [0.1, 0.15) is 11.5 Å². The van der Waals surface area contributed by atoms with Gasteiger partial charge < -0.3 is 14.8 Å². The number of rotatable bonds is 9. The molecule has 0 aliphatic heterocycles. The molecule has 0 aliphatic carbocycles. The highest BCUT2D eigenvalue weighted by atomic mass is 16.5. The molecule has 0 saturated heterocycles. The van der Waals surface area contributed by atoms with Crippen molar-refractivity contribution in [2.45, 2.75) is 26.7 Å². The maximum Gasteiger partial charge on any atom is 0.248 e. The average Bonchev–Trinajstić information content (AvgIpc) is 2.63. The van der Waals surface area contributed by atoms with Crippen molar-refractivity contribution in [1.82, 2.24) is 0 Å². The fourth-order valence-electron chi connectivity index (χ4n) is 2.23. The zero-order valence-electron chi connectivity index (χ0n) is 14.8. The summed E-state index contributed by atoms with van der Waals surface area (Å²) >= 11 is 0. The number of unbranched alkanes of at least 4 members (excludes halogenated alkanes) is 1. The molecule has 4 nitrogen and oxygen atoms in total. The predicted octanol–water partition coefficient (Wildman–Crippen LogP) is 4.92. The minimum Gasteiger partial charge on any atom is -0.494 e. The summed E-state index contributed by atoms with van der Waals surface area (Å²) in [5.41, 5.74) is 1.62. The van der Waals surface area contributed by atoms with Gasteiger partial charge in [0.15, 0.2) is 0 Å². The lowest BCUT2D eigenvalue weighted by Gasteiger charge is -2.08. The molecule has 4 heteroatoms. The molecule has 0 aromatic heterocycles. The van der Waals surface area contributed by atoms with Gasteiger partial charge in [-0.05, 0) is 49.8 Å². The van der Waals surface area contributed by atoms with Crippen molar-refractivity contribution in [3.05, 3.63) is 60.2 Å². The molecule has 0 fully saturated rings. The Morgan fingerprint density at radius 3 is 2.52 bits per heavy atom. The number of nitrogens with one attached hydrogen (secondary N) is 1. The second-order valence-corrected chi connectivity index (χ2v) is 5.52. The average molecular weight is 339 g/mol. The van der Waals surface area contributed by atoms with Crippen LogP contribution in [0.3, 0.4) is 0 Å². The standard InChI is InChI=1S/C21H25NO3/c1-3-5-16-25-20-9-7-6-8-17(20)10-15-21(23)22-18-11-13-19(14-12-18)24-4-2/h6-15H,3-5,16H2,1-2H3,(H,22,23)/b15-10+. The van der Waals surface area contributed by atoms with Crippen molar-refractivity contribution in [2.24, 2.45) is 0 Å². The fourth-order valence-corrected chi connectivity index (χ4v) is 2.23. The number of ether oxygens (including phenoxy) is 2. The number of anilines is 1. The van der Waals surface area contributed by atoms with Crippen LogP contribution in [0, 0.1) is 0 Å². The van der Waals surface area contributed by atoms with E-state index in [1.165, 1.54) is 6.08 Å². The van der Waals surface area contributed by atoms with Crippen LogP contribution in [0.25, 0.3) is 6.08 Å². The van der Waals surface area contributed by atoms with E-state index in [-0.39, 0.29) is 5.91 Å². The van der Waals surface area contributed by atoms with Gasteiger partial charge in [0.05, 0.1) is 13.2 Å². The van der Waals surface area contributed by atoms with Crippen molar-refractivity contribution in [3.8, 4) is 11.5 Å². The Balaban J connectivity index is 1.95. The smallest absolute Gasteiger partial charge is 0.248 e. The van der Waals surface area contributed by atoms with E-state index in [2.05, 4.69) is 12.2 Å². The Morgan fingerprint density at radius 1 is 1.04 bits per heavy atom. The van der Waals surface area contributed by atoms with Crippen molar-refractivity contribution >= 4 is 17.7 Å². The van der Waals surface area contributed by atoms with Gasteiger partial charge in [-0.3, -0.25) is 4.79 Å². The van der Waals surface area contributed by atoms with Gasteiger partial charge in [0.25, 0.3) is 0 Å². The zero-order valence-corrected chi connectivity index (χ0v) is 14.8. The van der Waals surface area contributed by atoms with Crippen molar-refractivity contribution in [2.75, 3.05) is 18.5 Å². The first-order valence-corrected chi connectivity index (χ1v) is 8.66. The van der Waals surface area contributed by atoms with Gasteiger partial charge in [-0.15, -0.1) is 0 Å². The Bertz CT molecular complexity index is 693. The number of hydrogen-bond acceptors (Lipinski definition) is 3. The van der Waals surface area contributed by atoms with Gasteiger partial charge in [-0.25, -0.2) is 0 Å². The first-order chi connectivity index (χ1) is 12.2. The highest BCUT2D eigenvalue weighted by molar-refractivity contribution is 6.02. The number of carbonyl (C=O) groups is 1.